The smallest absolute Gasteiger partial charge is 0.222 e. The van der Waals surface area contributed by atoms with Gasteiger partial charge in [0.1, 0.15) is 0 Å². The molecule has 1 atom stereocenters. The average Bonchev–Trinajstić information content (AvgIpc) is 3.08. The average molecular weight is 358 g/mol. The molecule has 0 radical (unpaired) electrons. The minimum atomic E-state index is -2.99. The van der Waals surface area contributed by atoms with Crippen molar-refractivity contribution in [2.75, 3.05) is 18.1 Å². The summed E-state index contributed by atoms with van der Waals surface area (Å²) in [7, 11) is -2.99. The van der Waals surface area contributed by atoms with Gasteiger partial charge >= 0.3 is 0 Å². The summed E-state index contributed by atoms with van der Waals surface area (Å²) in [6, 6.07) is 3.76. The molecule has 2 amide bonds. The highest BCUT2D eigenvalue weighted by atomic mass is 32.2. The van der Waals surface area contributed by atoms with Crippen molar-refractivity contribution in [1.82, 2.24) is 10.6 Å². The molecule has 23 heavy (non-hydrogen) atoms. The van der Waals surface area contributed by atoms with Crippen molar-refractivity contribution in [3.8, 4) is 0 Å². The van der Waals surface area contributed by atoms with Crippen LogP contribution < -0.4 is 10.6 Å². The summed E-state index contributed by atoms with van der Waals surface area (Å²) in [6.45, 7) is 0.281. The Kier molecular flexibility index (Phi) is 6.59. The second kappa shape index (κ2) is 8.44. The van der Waals surface area contributed by atoms with E-state index in [0.717, 1.165) is 12.8 Å². The highest BCUT2D eigenvalue weighted by Gasteiger charge is 2.28. The van der Waals surface area contributed by atoms with E-state index in [9.17, 15) is 18.0 Å². The van der Waals surface area contributed by atoms with Crippen molar-refractivity contribution in [3.05, 3.63) is 22.4 Å². The summed E-state index contributed by atoms with van der Waals surface area (Å²) < 4.78 is 22.6. The Hall–Kier alpha value is -1.41. The first-order valence-electron chi connectivity index (χ1n) is 7.73. The van der Waals surface area contributed by atoms with Crippen LogP contribution in [0, 0.1) is 0 Å². The highest BCUT2D eigenvalue weighted by molar-refractivity contribution is 7.91. The third-order valence-corrected chi connectivity index (χ3v) is 6.38. The SMILES string of the molecule is O=C(CCCc1cccs1)NCCC(=O)N[C@H]1CCS(=O)(=O)C1. The third kappa shape index (κ3) is 6.70. The highest BCUT2D eigenvalue weighted by Crippen LogP contribution is 2.12. The largest absolute Gasteiger partial charge is 0.356 e. The van der Waals surface area contributed by atoms with Gasteiger partial charge in [-0.2, -0.15) is 0 Å². The van der Waals surface area contributed by atoms with Crippen LogP contribution in [-0.4, -0.2) is 44.3 Å². The normalized spacial score (nSPS) is 19.4. The Morgan fingerprint density at radius 2 is 2.09 bits per heavy atom. The van der Waals surface area contributed by atoms with Crippen molar-refractivity contribution < 1.29 is 18.0 Å². The van der Waals surface area contributed by atoms with Gasteiger partial charge in [0.25, 0.3) is 0 Å². The van der Waals surface area contributed by atoms with Gasteiger partial charge in [-0.05, 0) is 30.7 Å². The van der Waals surface area contributed by atoms with E-state index in [1.54, 1.807) is 11.3 Å². The minimum absolute atomic E-state index is 0.0216. The van der Waals surface area contributed by atoms with Gasteiger partial charge in [0.2, 0.25) is 11.8 Å². The molecule has 0 unspecified atom stereocenters. The van der Waals surface area contributed by atoms with Gasteiger partial charge in [-0.15, -0.1) is 11.3 Å². The molecule has 2 rings (SSSR count). The van der Waals surface area contributed by atoms with Gasteiger partial charge in [-0.25, -0.2) is 8.42 Å². The van der Waals surface area contributed by atoms with Crippen LogP contribution in [0.4, 0.5) is 0 Å². The summed E-state index contributed by atoms with van der Waals surface area (Å²) >= 11 is 1.68. The zero-order valence-electron chi connectivity index (χ0n) is 12.9. The molecule has 0 bridgehead atoms. The van der Waals surface area contributed by atoms with Crippen LogP contribution in [0.1, 0.15) is 30.6 Å². The maximum Gasteiger partial charge on any atom is 0.222 e. The molecule has 0 spiro atoms. The number of hydrogen-bond acceptors (Lipinski definition) is 5. The molecule has 128 valence electrons. The van der Waals surface area contributed by atoms with E-state index in [-0.39, 0.29) is 42.3 Å². The Labute approximate surface area is 140 Å². The first-order valence-corrected chi connectivity index (χ1v) is 10.4. The lowest BCUT2D eigenvalue weighted by molar-refractivity contribution is -0.122. The molecule has 0 aliphatic carbocycles. The fraction of sp³-hybridized carbons (Fsp3) is 0.600. The molecule has 0 saturated carbocycles. The summed E-state index contributed by atoms with van der Waals surface area (Å²) in [5, 5.41) is 7.44. The van der Waals surface area contributed by atoms with Gasteiger partial charge < -0.3 is 10.6 Å². The lowest BCUT2D eigenvalue weighted by atomic mass is 10.2. The zero-order valence-corrected chi connectivity index (χ0v) is 14.5. The molecule has 2 N–H and O–H groups in total. The fourth-order valence-electron chi connectivity index (χ4n) is 2.49. The number of sulfone groups is 1. The molecule has 1 aliphatic rings. The van der Waals surface area contributed by atoms with Crippen LogP contribution in [-0.2, 0) is 25.8 Å². The monoisotopic (exact) mass is 358 g/mol. The number of hydrogen-bond donors (Lipinski definition) is 2. The second-order valence-corrected chi connectivity index (χ2v) is 8.96. The molecule has 1 aliphatic heterocycles. The molecule has 6 nitrogen and oxygen atoms in total. The van der Waals surface area contributed by atoms with Gasteiger partial charge in [0, 0.05) is 30.3 Å². The Bertz CT molecular complexity index is 626. The summed E-state index contributed by atoms with van der Waals surface area (Å²) in [5.74, 6) is -0.115. The van der Waals surface area contributed by atoms with E-state index >= 15 is 0 Å². The number of nitrogens with one attached hydrogen (secondary N) is 2. The number of carbonyl (C=O) groups excluding carboxylic acids is 2. The topological polar surface area (TPSA) is 92.3 Å². The van der Waals surface area contributed by atoms with E-state index in [0.29, 0.717) is 12.8 Å². The minimum Gasteiger partial charge on any atom is -0.356 e. The molecule has 1 saturated heterocycles. The first kappa shape index (κ1) is 17.9. The summed E-state index contributed by atoms with van der Waals surface area (Å²) in [5.41, 5.74) is 0. The first-order chi connectivity index (χ1) is 10.9. The van der Waals surface area contributed by atoms with Gasteiger partial charge in [-0.1, -0.05) is 6.07 Å². The quantitative estimate of drug-likeness (QED) is 0.721. The Balaban J connectivity index is 1.53. The Morgan fingerprint density at radius 3 is 2.74 bits per heavy atom. The molecule has 0 aromatic carbocycles. The summed E-state index contributed by atoms with van der Waals surface area (Å²) in [6.07, 6.45) is 2.77. The van der Waals surface area contributed by atoms with Gasteiger partial charge in [0.05, 0.1) is 11.5 Å². The number of thiophene rings is 1. The second-order valence-electron chi connectivity index (χ2n) is 5.70. The standard InChI is InChI=1S/C15H22N2O4S2/c18-14(5-1-3-13-4-2-9-22-13)16-8-6-15(19)17-12-7-10-23(20,21)11-12/h2,4,9,12H,1,3,5-8,10-11H2,(H,16,18)(H,17,19)/t12-/m0/s1. The van der Waals surface area contributed by atoms with Crippen LogP contribution in [0.3, 0.4) is 0 Å². The number of aryl methyl sites for hydroxylation is 1. The van der Waals surface area contributed by atoms with E-state index in [1.165, 1.54) is 4.88 Å². The number of rotatable bonds is 8. The molecule has 1 aromatic heterocycles. The van der Waals surface area contributed by atoms with Crippen LogP contribution in [0.15, 0.2) is 17.5 Å². The van der Waals surface area contributed by atoms with Gasteiger partial charge in [0.15, 0.2) is 9.84 Å². The van der Waals surface area contributed by atoms with Crippen molar-refractivity contribution >= 4 is 33.0 Å². The van der Waals surface area contributed by atoms with Crippen molar-refractivity contribution in [3.63, 3.8) is 0 Å². The lowest BCUT2D eigenvalue weighted by Gasteiger charge is -2.11. The predicted octanol–water partition coefficient (Wildman–Crippen LogP) is 0.880. The fourth-order valence-corrected chi connectivity index (χ4v) is 4.92. The maximum atomic E-state index is 11.7. The van der Waals surface area contributed by atoms with Crippen LogP contribution in [0.2, 0.25) is 0 Å². The maximum absolute atomic E-state index is 11.7. The molecular weight excluding hydrogens is 336 g/mol. The van der Waals surface area contributed by atoms with E-state index in [2.05, 4.69) is 16.7 Å². The third-order valence-electron chi connectivity index (χ3n) is 3.68. The molecule has 2 heterocycles. The predicted molar refractivity (Wildman–Crippen MR) is 90.1 cm³/mol. The molecule has 1 aromatic rings. The molecular formula is C15H22N2O4S2. The molecule has 8 heteroatoms. The summed E-state index contributed by atoms with van der Waals surface area (Å²) in [4.78, 5) is 24.6. The van der Waals surface area contributed by atoms with Crippen molar-refractivity contribution in [2.45, 2.75) is 38.1 Å². The molecule has 1 fully saturated rings. The zero-order chi connectivity index (χ0) is 16.7. The Morgan fingerprint density at radius 1 is 1.26 bits per heavy atom. The van der Waals surface area contributed by atoms with E-state index in [1.807, 2.05) is 11.4 Å². The van der Waals surface area contributed by atoms with Gasteiger partial charge in [-0.3, -0.25) is 9.59 Å². The van der Waals surface area contributed by atoms with E-state index < -0.39 is 9.84 Å². The lowest BCUT2D eigenvalue weighted by Crippen LogP contribution is -2.37. The van der Waals surface area contributed by atoms with Crippen LogP contribution in [0.5, 0.6) is 0 Å². The number of carbonyl (C=O) groups is 2. The van der Waals surface area contributed by atoms with Crippen LogP contribution in [0.25, 0.3) is 0 Å². The van der Waals surface area contributed by atoms with Crippen LogP contribution >= 0.6 is 11.3 Å². The number of amides is 2. The van der Waals surface area contributed by atoms with Crippen molar-refractivity contribution in [2.24, 2.45) is 0 Å². The van der Waals surface area contributed by atoms with Crippen molar-refractivity contribution in [1.29, 1.82) is 0 Å². The van der Waals surface area contributed by atoms with E-state index in [4.69, 9.17) is 0 Å².